The number of hydrogen-bond donors (Lipinski definition) is 2. The molecule has 2 bridgehead atoms. The number of phenols is 1. The molecule has 2 aromatic rings. The summed E-state index contributed by atoms with van der Waals surface area (Å²) in [5.41, 5.74) is 3.14. The van der Waals surface area contributed by atoms with E-state index in [9.17, 15) is 9.90 Å². The number of methoxy groups -OCH3 is 1. The van der Waals surface area contributed by atoms with Gasteiger partial charge in [0.25, 0.3) is 0 Å². The smallest absolute Gasteiger partial charge is 0.225 e. The first kappa shape index (κ1) is 19.7. The van der Waals surface area contributed by atoms with E-state index in [2.05, 4.69) is 35.5 Å². The number of benzene rings is 2. The molecule has 2 N–H and O–H groups in total. The highest BCUT2D eigenvalue weighted by atomic mass is 16.5. The van der Waals surface area contributed by atoms with Crippen LogP contribution in [0.5, 0.6) is 17.2 Å². The summed E-state index contributed by atoms with van der Waals surface area (Å²) in [5.74, 6) is 1.83. The van der Waals surface area contributed by atoms with Crippen LogP contribution in [0.15, 0.2) is 48.6 Å². The zero-order valence-corrected chi connectivity index (χ0v) is 18.4. The van der Waals surface area contributed by atoms with Gasteiger partial charge in [0, 0.05) is 22.9 Å². The summed E-state index contributed by atoms with van der Waals surface area (Å²) in [6.07, 6.45) is 6.37. The topological polar surface area (TPSA) is 71.0 Å². The van der Waals surface area contributed by atoms with Gasteiger partial charge in [-0.3, -0.25) is 4.79 Å². The van der Waals surface area contributed by atoms with Gasteiger partial charge in [-0.15, -0.1) is 0 Å². The van der Waals surface area contributed by atoms with Gasteiger partial charge in [0.15, 0.2) is 11.5 Å². The molecule has 5 atom stereocenters. The van der Waals surface area contributed by atoms with E-state index < -0.39 is 0 Å². The molecular weight excluding hydrogens is 404 g/mol. The Bertz CT molecular complexity index is 1130. The van der Waals surface area contributed by atoms with Crippen molar-refractivity contribution in [2.24, 2.45) is 5.92 Å². The van der Waals surface area contributed by atoms with Crippen LogP contribution in [0.3, 0.4) is 0 Å². The zero-order chi connectivity index (χ0) is 22.0. The fourth-order valence-corrected chi connectivity index (χ4v) is 6.59. The van der Waals surface area contributed by atoms with E-state index in [4.69, 9.17) is 9.47 Å². The molecule has 2 aliphatic carbocycles. The number of likely N-dealkylation sites (N-methyl/N-ethyl adjacent to an activating group) is 1. The van der Waals surface area contributed by atoms with E-state index in [0.29, 0.717) is 17.7 Å². The van der Waals surface area contributed by atoms with E-state index in [1.165, 1.54) is 11.1 Å². The number of carbonyl (C=O) groups is 1. The molecule has 32 heavy (non-hydrogen) atoms. The molecular formula is C26H28N2O4. The van der Waals surface area contributed by atoms with Gasteiger partial charge < -0.3 is 24.8 Å². The molecule has 1 unspecified atom stereocenters. The molecule has 1 spiro atoms. The van der Waals surface area contributed by atoms with Gasteiger partial charge in [-0.25, -0.2) is 0 Å². The number of nitrogens with zero attached hydrogens (tertiary/aromatic N) is 1. The highest BCUT2D eigenvalue weighted by Gasteiger charge is 2.64. The van der Waals surface area contributed by atoms with E-state index in [-0.39, 0.29) is 35.6 Å². The Morgan fingerprint density at radius 1 is 1.31 bits per heavy atom. The Balaban J connectivity index is 1.33. The third-order valence-corrected chi connectivity index (χ3v) is 8.00. The minimum Gasteiger partial charge on any atom is -0.504 e. The number of rotatable bonds is 4. The number of nitrogens with one attached hydrogen (secondary N) is 1. The molecule has 2 heterocycles. The van der Waals surface area contributed by atoms with E-state index in [1.54, 1.807) is 13.2 Å². The zero-order valence-electron chi connectivity index (χ0n) is 18.4. The summed E-state index contributed by atoms with van der Waals surface area (Å²) >= 11 is 0. The van der Waals surface area contributed by atoms with Gasteiger partial charge in [0.05, 0.1) is 19.6 Å². The summed E-state index contributed by atoms with van der Waals surface area (Å²) in [5, 5.41) is 13.8. The largest absolute Gasteiger partial charge is 0.504 e. The minimum absolute atomic E-state index is 0.0490. The van der Waals surface area contributed by atoms with Crippen LogP contribution in [0.2, 0.25) is 0 Å². The fraction of sp³-hybridized carbons (Fsp3) is 0.423. The Morgan fingerprint density at radius 2 is 2.19 bits per heavy atom. The van der Waals surface area contributed by atoms with Gasteiger partial charge in [0.2, 0.25) is 5.91 Å². The van der Waals surface area contributed by atoms with Gasteiger partial charge in [-0.05, 0) is 55.8 Å². The molecule has 6 nitrogen and oxygen atoms in total. The van der Waals surface area contributed by atoms with E-state index >= 15 is 0 Å². The first-order valence-electron chi connectivity index (χ1n) is 11.3. The summed E-state index contributed by atoms with van der Waals surface area (Å²) < 4.78 is 11.8. The van der Waals surface area contributed by atoms with Crippen LogP contribution in [-0.4, -0.2) is 54.8 Å². The van der Waals surface area contributed by atoms with Crippen LogP contribution in [-0.2, 0) is 23.1 Å². The first-order chi connectivity index (χ1) is 15.5. The number of amides is 1. The summed E-state index contributed by atoms with van der Waals surface area (Å²) in [6.45, 7) is 0.980. The molecule has 166 valence electrons. The lowest BCUT2D eigenvalue weighted by atomic mass is 9.53. The van der Waals surface area contributed by atoms with Crippen molar-refractivity contribution in [1.29, 1.82) is 0 Å². The minimum atomic E-state index is -0.244. The lowest BCUT2D eigenvalue weighted by Crippen LogP contribution is -2.66. The average molecular weight is 433 g/mol. The highest BCUT2D eigenvalue weighted by Crippen LogP contribution is 2.62. The maximum absolute atomic E-state index is 13.0. The molecule has 2 aromatic carbocycles. The SMILES string of the molecule is COc1cccc(CC(=O)N[C@@H]2C=CC3[C@H]4Cc5ccc(O)c6c5[C@@]3(CCN4C)[C@H]2O6)c1. The third-order valence-electron chi connectivity index (χ3n) is 8.00. The second kappa shape index (κ2) is 7.01. The number of hydrogen-bond acceptors (Lipinski definition) is 5. The number of piperidine rings is 1. The monoisotopic (exact) mass is 432 g/mol. The van der Waals surface area contributed by atoms with Gasteiger partial charge >= 0.3 is 0 Å². The Hall–Kier alpha value is -2.99. The quantitative estimate of drug-likeness (QED) is 0.727. The molecule has 6 heteroatoms. The molecule has 1 fully saturated rings. The second-order valence-corrected chi connectivity index (χ2v) is 9.56. The first-order valence-corrected chi connectivity index (χ1v) is 11.3. The van der Waals surface area contributed by atoms with Crippen LogP contribution in [0.25, 0.3) is 0 Å². The molecule has 0 saturated carbocycles. The number of ether oxygens (including phenoxy) is 2. The Kier molecular flexibility index (Phi) is 4.31. The third kappa shape index (κ3) is 2.65. The summed E-state index contributed by atoms with van der Waals surface area (Å²) in [4.78, 5) is 15.4. The predicted molar refractivity (Wildman–Crippen MR) is 120 cm³/mol. The molecule has 4 aliphatic rings. The molecule has 1 amide bonds. The molecule has 0 aromatic heterocycles. The highest BCUT2D eigenvalue weighted by molar-refractivity contribution is 5.79. The van der Waals surface area contributed by atoms with Crippen LogP contribution < -0.4 is 14.8 Å². The summed E-state index contributed by atoms with van der Waals surface area (Å²) in [6, 6.07) is 11.6. The maximum atomic E-state index is 13.0. The Morgan fingerprint density at radius 3 is 3.03 bits per heavy atom. The fourth-order valence-electron chi connectivity index (χ4n) is 6.59. The van der Waals surface area contributed by atoms with E-state index in [1.807, 2.05) is 24.3 Å². The Labute approximate surface area is 187 Å². The van der Waals surface area contributed by atoms with Crippen molar-refractivity contribution >= 4 is 5.91 Å². The normalized spacial score (nSPS) is 31.6. The average Bonchev–Trinajstić information content (AvgIpc) is 3.14. The second-order valence-electron chi connectivity index (χ2n) is 9.56. The van der Waals surface area contributed by atoms with Crippen molar-refractivity contribution in [3.63, 3.8) is 0 Å². The van der Waals surface area contributed by atoms with Crippen molar-refractivity contribution in [3.05, 3.63) is 65.2 Å². The lowest BCUT2D eigenvalue weighted by Gasteiger charge is -2.57. The van der Waals surface area contributed by atoms with Gasteiger partial charge in [0.1, 0.15) is 11.9 Å². The predicted octanol–water partition coefficient (Wildman–Crippen LogP) is 2.57. The van der Waals surface area contributed by atoms with Gasteiger partial charge in [-0.1, -0.05) is 30.4 Å². The van der Waals surface area contributed by atoms with E-state index in [0.717, 1.165) is 30.7 Å². The van der Waals surface area contributed by atoms with Crippen molar-refractivity contribution in [2.75, 3.05) is 20.7 Å². The van der Waals surface area contributed by atoms with Crippen molar-refractivity contribution in [2.45, 2.75) is 42.9 Å². The van der Waals surface area contributed by atoms with Crippen LogP contribution >= 0.6 is 0 Å². The van der Waals surface area contributed by atoms with Gasteiger partial charge in [-0.2, -0.15) is 0 Å². The number of phenolic OH excluding ortho intramolecular Hbond substituents is 1. The maximum Gasteiger partial charge on any atom is 0.225 e. The van der Waals surface area contributed by atoms with Crippen molar-refractivity contribution in [1.82, 2.24) is 10.2 Å². The van der Waals surface area contributed by atoms with Crippen LogP contribution in [0.1, 0.15) is 23.1 Å². The molecule has 1 saturated heterocycles. The van der Waals surface area contributed by atoms with Crippen molar-refractivity contribution < 1.29 is 19.4 Å². The molecule has 2 aliphatic heterocycles. The molecule has 0 radical (unpaired) electrons. The lowest BCUT2D eigenvalue weighted by molar-refractivity contribution is -0.122. The van der Waals surface area contributed by atoms with Crippen LogP contribution in [0, 0.1) is 5.92 Å². The molecule has 6 rings (SSSR count). The standard InChI is InChI=1S/C26H28N2O4/c1-28-11-10-26-18-7-8-19(27-22(30)13-15-4-3-5-17(12-15)31-2)25(26)32-24-21(29)9-6-16(23(24)26)14-20(18)28/h3-9,12,18-20,25,29H,10-11,13-14H2,1-2H3,(H,27,30)/t18?,19-,20-,25+,26+/m1/s1. The number of aromatic hydroxyl groups is 1. The van der Waals surface area contributed by atoms with Crippen LogP contribution in [0.4, 0.5) is 0 Å². The van der Waals surface area contributed by atoms with Crippen molar-refractivity contribution in [3.8, 4) is 17.2 Å². The summed E-state index contributed by atoms with van der Waals surface area (Å²) in [7, 11) is 3.82. The number of carbonyl (C=O) groups excluding carboxylic acids is 1. The number of likely N-dealkylation sites (tertiary alicyclic amines) is 1.